The number of hydrogen-bond donors (Lipinski definition) is 2. The summed E-state index contributed by atoms with van der Waals surface area (Å²) in [5, 5.41) is 13.9. The minimum Gasteiger partial charge on any atom is -0.448 e. The fourth-order valence-electron chi connectivity index (χ4n) is 6.38. The van der Waals surface area contributed by atoms with Gasteiger partial charge in [0.2, 0.25) is 0 Å². The van der Waals surface area contributed by atoms with Gasteiger partial charge in [0.25, 0.3) is 11.7 Å². The van der Waals surface area contributed by atoms with Gasteiger partial charge in [0.05, 0.1) is 17.0 Å². The molecule has 38 heavy (non-hydrogen) atoms. The summed E-state index contributed by atoms with van der Waals surface area (Å²) < 4.78 is 18.4. The summed E-state index contributed by atoms with van der Waals surface area (Å²) in [4.78, 5) is 19.0. The summed E-state index contributed by atoms with van der Waals surface area (Å²) >= 11 is 8.26. The molecule has 1 amide bonds. The average molecular weight is 562 g/mol. The fourth-order valence-corrected chi connectivity index (χ4v) is 7.74. The van der Waals surface area contributed by atoms with Gasteiger partial charge in [-0.1, -0.05) is 11.6 Å². The number of allylic oxidation sites excluding steroid dienone is 2. The van der Waals surface area contributed by atoms with Gasteiger partial charge in [-0.2, -0.15) is 0 Å². The van der Waals surface area contributed by atoms with Crippen molar-refractivity contribution in [1.29, 1.82) is 0 Å². The highest BCUT2D eigenvalue weighted by molar-refractivity contribution is 8.03. The molecule has 1 saturated heterocycles. The number of carbonyl (C=O) groups is 1. The van der Waals surface area contributed by atoms with Crippen molar-refractivity contribution >= 4 is 29.3 Å². The number of nitrogens with one attached hydrogen (secondary N) is 1. The number of dihydropyridines is 1. The van der Waals surface area contributed by atoms with Crippen LogP contribution in [-0.4, -0.2) is 77.6 Å². The van der Waals surface area contributed by atoms with Crippen LogP contribution in [0.15, 0.2) is 28.3 Å². The third kappa shape index (κ3) is 4.50. The summed E-state index contributed by atoms with van der Waals surface area (Å²) in [6, 6.07) is 2.30. The molecule has 4 heterocycles. The molecule has 1 aromatic carbocycles. The Morgan fingerprint density at radius 3 is 2.63 bits per heavy atom. The van der Waals surface area contributed by atoms with E-state index in [0.29, 0.717) is 46.7 Å². The second-order valence-electron chi connectivity index (χ2n) is 11.3. The third-order valence-corrected chi connectivity index (χ3v) is 10.2. The lowest BCUT2D eigenvalue weighted by atomic mass is 9.80. The van der Waals surface area contributed by atoms with Crippen molar-refractivity contribution in [2.24, 2.45) is 5.92 Å². The Hall–Kier alpha value is -1.91. The Labute approximate surface area is 233 Å². The Morgan fingerprint density at radius 1 is 1.21 bits per heavy atom. The summed E-state index contributed by atoms with van der Waals surface area (Å²) in [7, 11) is 1.79. The second kappa shape index (κ2) is 9.93. The Bertz CT molecular complexity index is 1210. The van der Waals surface area contributed by atoms with Gasteiger partial charge in [0, 0.05) is 72.9 Å². The van der Waals surface area contributed by atoms with E-state index < -0.39 is 12.0 Å². The number of amides is 1. The maximum Gasteiger partial charge on any atom is 0.255 e. The Kier molecular flexibility index (Phi) is 6.88. The normalized spacial score (nSPS) is 31.5. The number of fused-ring (bicyclic) bond motifs is 1. The molecule has 2 fully saturated rings. The molecular weight excluding hydrogens is 526 g/mol. The smallest absolute Gasteiger partial charge is 0.255 e. The number of ether oxygens (including phenoxy) is 3. The molecule has 1 aliphatic carbocycles. The van der Waals surface area contributed by atoms with E-state index in [1.165, 1.54) is 0 Å². The molecule has 0 spiro atoms. The van der Waals surface area contributed by atoms with Crippen LogP contribution < -0.4 is 14.8 Å². The number of nitrogens with zero attached hydrogens (tertiary/aromatic N) is 2. The fraction of sp³-hybridized carbons (Fsp3) is 0.607. The molecule has 2 atom stereocenters. The molecule has 10 heteroatoms. The van der Waals surface area contributed by atoms with Gasteiger partial charge in [-0.15, -0.1) is 11.8 Å². The van der Waals surface area contributed by atoms with Crippen molar-refractivity contribution in [3.63, 3.8) is 0 Å². The van der Waals surface area contributed by atoms with Gasteiger partial charge in [-0.3, -0.25) is 9.69 Å². The van der Waals surface area contributed by atoms with Crippen LogP contribution in [0.2, 0.25) is 5.02 Å². The first kappa shape index (κ1) is 26.3. The molecular formula is C28H36ClN3O5S. The Balaban J connectivity index is 1.16. The topological polar surface area (TPSA) is 83.5 Å². The van der Waals surface area contributed by atoms with Crippen LogP contribution in [0, 0.1) is 12.8 Å². The SMILES string of the molecule is COC1CN(C2CCC([C@]3(C)Oc4c(Cl)cc(C(=O)N5CSC6=C(C5)C(O)NC(C)=C6)c(C)c4O3)CC2)C1. The highest BCUT2D eigenvalue weighted by atomic mass is 35.5. The molecule has 0 radical (unpaired) electrons. The van der Waals surface area contributed by atoms with Crippen LogP contribution in [-0.2, 0) is 4.74 Å². The predicted molar refractivity (Wildman–Crippen MR) is 147 cm³/mol. The number of rotatable bonds is 4. The summed E-state index contributed by atoms with van der Waals surface area (Å²) in [6.07, 6.45) is 5.84. The van der Waals surface area contributed by atoms with Gasteiger partial charge in [0.1, 0.15) is 6.23 Å². The quantitative estimate of drug-likeness (QED) is 0.564. The lowest BCUT2D eigenvalue weighted by Crippen LogP contribution is -2.57. The minimum atomic E-state index is -0.809. The molecule has 206 valence electrons. The van der Waals surface area contributed by atoms with E-state index in [4.69, 9.17) is 25.8 Å². The summed E-state index contributed by atoms with van der Waals surface area (Å²) in [5.41, 5.74) is 2.97. The summed E-state index contributed by atoms with van der Waals surface area (Å²) in [5.74, 6) is 0.895. The molecule has 1 unspecified atom stereocenters. The number of thioether (sulfide) groups is 1. The zero-order valence-corrected chi connectivity index (χ0v) is 24.0. The lowest BCUT2D eigenvalue weighted by Gasteiger charge is -2.47. The van der Waals surface area contributed by atoms with Gasteiger partial charge >= 0.3 is 0 Å². The van der Waals surface area contributed by atoms with E-state index >= 15 is 0 Å². The number of methoxy groups -OCH3 is 1. The van der Waals surface area contributed by atoms with Crippen LogP contribution in [0.4, 0.5) is 0 Å². The van der Waals surface area contributed by atoms with Gasteiger partial charge in [-0.25, -0.2) is 0 Å². The van der Waals surface area contributed by atoms with E-state index in [-0.39, 0.29) is 11.8 Å². The summed E-state index contributed by atoms with van der Waals surface area (Å²) in [6.45, 7) is 8.22. The molecule has 5 aliphatic rings. The second-order valence-corrected chi connectivity index (χ2v) is 12.7. The molecule has 6 rings (SSSR count). The van der Waals surface area contributed by atoms with Crippen LogP contribution in [0.5, 0.6) is 11.5 Å². The lowest BCUT2D eigenvalue weighted by molar-refractivity contribution is -0.130. The largest absolute Gasteiger partial charge is 0.448 e. The van der Waals surface area contributed by atoms with Gasteiger partial charge in [-0.05, 0) is 51.7 Å². The van der Waals surface area contributed by atoms with E-state index in [2.05, 4.69) is 10.2 Å². The van der Waals surface area contributed by atoms with Crippen LogP contribution in [0.25, 0.3) is 0 Å². The number of carbonyl (C=O) groups excluding carboxylic acids is 1. The molecule has 4 aliphatic heterocycles. The number of benzene rings is 1. The zero-order chi connectivity index (χ0) is 26.8. The van der Waals surface area contributed by atoms with Crippen molar-refractivity contribution < 1.29 is 24.1 Å². The number of halogens is 1. The highest BCUT2D eigenvalue weighted by Gasteiger charge is 2.48. The molecule has 8 nitrogen and oxygen atoms in total. The molecule has 2 N–H and O–H groups in total. The van der Waals surface area contributed by atoms with Crippen molar-refractivity contribution in [1.82, 2.24) is 15.1 Å². The van der Waals surface area contributed by atoms with Gasteiger partial charge < -0.3 is 29.5 Å². The average Bonchev–Trinajstić information content (AvgIpc) is 3.25. The van der Waals surface area contributed by atoms with Crippen molar-refractivity contribution in [3.05, 3.63) is 44.5 Å². The zero-order valence-electron chi connectivity index (χ0n) is 22.4. The number of hydrogen-bond acceptors (Lipinski definition) is 8. The van der Waals surface area contributed by atoms with Crippen LogP contribution in [0.1, 0.15) is 55.5 Å². The van der Waals surface area contributed by atoms with E-state index in [1.807, 2.05) is 26.8 Å². The first-order chi connectivity index (χ1) is 18.2. The van der Waals surface area contributed by atoms with Crippen molar-refractivity contribution in [2.45, 2.75) is 70.6 Å². The molecule has 0 aromatic heterocycles. The first-order valence-corrected chi connectivity index (χ1v) is 14.8. The Morgan fingerprint density at radius 2 is 1.92 bits per heavy atom. The standard InChI is InChI=1S/C28H36ClN3O5S/c1-15-9-23-21(26(33)30-15)13-32(14-38-23)27(34)20-10-22(29)25-24(16(20)2)36-28(3,37-25)17-5-7-18(8-6-17)31-11-19(12-31)35-4/h9-10,17-19,26,30,33H,5-8,11-14H2,1-4H3/t17?,18?,26?,28-/m0/s1. The van der Waals surface area contributed by atoms with Crippen molar-refractivity contribution in [2.75, 3.05) is 32.6 Å². The van der Waals surface area contributed by atoms with Crippen LogP contribution in [0.3, 0.4) is 0 Å². The molecule has 1 aromatic rings. The number of aliphatic hydroxyl groups is 1. The maximum absolute atomic E-state index is 13.7. The monoisotopic (exact) mass is 561 g/mol. The van der Waals surface area contributed by atoms with Crippen molar-refractivity contribution in [3.8, 4) is 11.5 Å². The minimum absolute atomic E-state index is 0.133. The van der Waals surface area contributed by atoms with Crippen LogP contribution >= 0.6 is 23.4 Å². The molecule has 1 saturated carbocycles. The van der Waals surface area contributed by atoms with E-state index in [9.17, 15) is 9.90 Å². The van der Waals surface area contributed by atoms with Gasteiger partial charge in [0.15, 0.2) is 11.5 Å². The predicted octanol–water partition coefficient (Wildman–Crippen LogP) is 4.25. The van der Waals surface area contributed by atoms with E-state index in [1.54, 1.807) is 29.8 Å². The first-order valence-electron chi connectivity index (χ1n) is 13.4. The highest BCUT2D eigenvalue weighted by Crippen LogP contribution is 2.52. The van der Waals surface area contributed by atoms with E-state index in [0.717, 1.165) is 60.5 Å². The number of likely N-dealkylation sites (tertiary alicyclic amines) is 1. The molecule has 0 bridgehead atoms. The maximum atomic E-state index is 13.7. The number of aliphatic hydroxyl groups excluding tert-OH is 1. The third-order valence-electron chi connectivity index (χ3n) is 8.83.